The van der Waals surface area contributed by atoms with E-state index in [1.54, 1.807) is 4.90 Å². The fraction of sp³-hybridized carbons (Fsp3) is 0.526. The zero-order valence-electron chi connectivity index (χ0n) is 14.2. The van der Waals surface area contributed by atoms with Crippen molar-refractivity contribution in [3.63, 3.8) is 0 Å². The first kappa shape index (κ1) is 15.3. The Hall–Kier alpha value is -1.61. The van der Waals surface area contributed by atoms with Crippen LogP contribution in [-0.4, -0.2) is 17.6 Å². The highest BCUT2D eigenvalue weighted by Crippen LogP contribution is 2.19. The first-order valence-electron chi connectivity index (χ1n) is 8.45. The van der Waals surface area contributed by atoms with Crippen LogP contribution in [0.3, 0.4) is 0 Å². The van der Waals surface area contributed by atoms with Gasteiger partial charge in [0.25, 0.3) is 0 Å². The monoisotopic (exact) mass is 299 g/mol. The Labute approximate surface area is 132 Å². The van der Waals surface area contributed by atoms with Gasteiger partial charge in [0.1, 0.15) is 6.54 Å². The van der Waals surface area contributed by atoms with E-state index < -0.39 is 0 Å². The summed E-state index contributed by atoms with van der Waals surface area (Å²) in [5, 5.41) is 0.879. The van der Waals surface area contributed by atoms with Gasteiger partial charge in [-0.1, -0.05) is 12.1 Å². The summed E-state index contributed by atoms with van der Waals surface area (Å²) in [4.78, 5) is 18.1. The van der Waals surface area contributed by atoms with Gasteiger partial charge < -0.3 is 9.88 Å². The van der Waals surface area contributed by atoms with Crippen molar-refractivity contribution in [3.05, 3.63) is 44.7 Å². The maximum Gasteiger partial charge on any atom is 0.198 e. The number of aromatic nitrogens is 1. The number of likely N-dealkylation sites (tertiary alicyclic amines) is 1. The number of aromatic amines is 1. The molecule has 0 spiro atoms. The average Bonchev–Trinajstić information content (AvgIpc) is 2.49. The minimum absolute atomic E-state index is 0.234. The Bertz CT molecular complexity index is 760. The molecule has 22 heavy (non-hydrogen) atoms. The lowest BCUT2D eigenvalue weighted by atomic mass is 9.99. The number of nitrogens with one attached hydrogen (secondary N) is 2. The van der Waals surface area contributed by atoms with Crippen LogP contribution in [0.1, 0.15) is 48.6 Å². The van der Waals surface area contributed by atoms with Crippen LogP contribution in [-0.2, 0) is 6.54 Å². The van der Waals surface area contributed by atoms with Gasteiger partial charge in [0.15, 0.2) is 5.43 Å². The molecular formula is C19H27N2O+. The summed E-state index contributed by atoms with van der Waals surface area (Å²) < 4.78 is 0. The third-order valence-corrected chi connectivity index (χ3v) is 5.37. The van der Waals surface area contributed by atoms with E-state index in [0.29, 0.717) is 6.04 Å². The Morgan fingerprint density at radius 3 is 2.64 bits per heavy atom. The standard InChI is InChI=1S/C19H26N2O/c1-12-8-9-13(2)18-17(12)19(22)16(15(4)20-18)11-21-10-6-5-7-14(21)3/h8-9,14H,5-7,10-11H2,1-4H3,(H,20,22)/p+1/t14-/m0/s1. The maximum absolute atomic E-state index is 13.1. The molecule has 2 heterocycles. The van der Waals surface area contributed by atoms with E-state index >= 15 is 0 Å². The van der Waals surface area contributed by atoms with Crippen molar-refractivity contribution in [2.24, 2.45) is 0 Å². The minimum Gasteiger partial charge on any atom is -0.358 e. The molecule has 1 unspecified atom stereocenters. The predicted octanol–water partition coefficient (Wildman–Crippen LogP) is 2.41. The molecule has 0 radical (unpaired) electrons. The molecule has 3 heteroatoms. The fourth-order valence-electron chi connectivity index (χ4n) is 3.80. The molecule has 2 aromatic rings. The van der Waals surface area contributed by atoms with Crippen molar-refractivity contribution >= 4 is 10.9 Å². The average molecular weight is 299 g/mol. The van der Waals surface area contributed by atoms with Crippen LogP contribution in [0.2, 0.25) is 0 Å². The van der Waals surface area contributed by atoms with Crippen molar-refractivity contribution in [2.45, 2.75) is 59.5 Å². The zero-order chi connectivity index (χ0) is 15.9. The molecule has 0 amide bonds. The van der Waals surface area contributed by atoms with E-state index in [-0.39, 0.29) is 5.43 Å². The van der Waals surface area contributed by atoms with E-state index in [1.165, 1.54) is 25.8 Å². The first-order valence-corrected chi connectivity index (χ1v) is 8.45. The molecule has 1 aliphatic heterocycles. The van der Waals surface area contributed by atoms with Gasteiger partial charge in [-0.3, -0.25) is 4.79 Å². The summed E-state index contributed by atoms with van der Waals surface area (Å²) in [6.07, 6.45) is 3.89. The molecule has 1 aliphatic rings. The number of hydrogen-bond acceptors (Lipinski definition) is 1. The van der Waals surface area contributed by atoms with E-state index in [2.05, 4.69) is 31.0 Å². The third-order valence-electron chi connectivity index (χ3n) is 5.37. The Morgan fingerprint density at radius 2 is 1.91 bits per heavy atom. The number of rotatable bonds is 2. The maximum atomic E-state index is 13.1. The molecule has 3 nitrogen and oxygen atoms in total. The van der Waals surface area contributed by atoms with Gasteiger partial charge in [-0.25, -0.2) is 0 Å². The number of H-pyrrole nitrogens is 1. The van der Waals surface area contributed by atoms with Gasteiger partial charge in [0, 0.05) is 11.1 Å². The van der Waals surface area contributed by atoms with Crippen LogP contribution in [0.15, 0.2) is 16.9 Å². The minimum atomic E-state index is 0.234. The van der Waals surface area contributed by atoms with Crippen LogP contribution in [0.5, 0.6) is 0 Å². The van der Waals surface area contributed by atoms with Gasteiger partial charge in [-0.2, -0.15) is 0 Å². The second-order valence-corrected chi connectivity index (χ2v) is 6.99. The highest BCUT2D eigenvalue weighted by atomic mass is 16.1. The van der Waals surface area contributed by atoms with Gasteiger partial charge in [-0.05, 0) is 58.1 Å². The molecule has 1 fully saturated rings. The van der Waals surface area contributed by atoms with E-state index in [0.717, 1.165) is 39.8 Å². The van der Waals surface area contributed by atoms with E-state index in [1.807, 2.05) is 13.8 Å². The number of fused-ring (bicyclic) bond motifs is 1. The molecule has 0 aliphatic carbocycles. The third kappa shape index (κ3) is 2.58. The van der Waals surface area contributed by atoms with E-state index in [4.69, 9.17) is 0 Å². The van der Waals surface area contributed by atoms with Crippen LogP contribution < -0.4 is 10.3 Å². The summed E-state index contributed by atoms with van der Waals surface area (Å²) in [7, 11) is 0. The normalized spacial score (nSPS) is 22.2. The number of aryl methyl sites for hydroxylation is 3. The molecule has 0 bridgehead atoms. The lowest BCUT2D eigenvalue weighted by Gasteiger charge is -2.30. The van der Waals surface area contributed by atoms with Crippen molar-refractivity contribution in [1.29, 1.82) is 0 Å². The van der Waals surface area contributed by atoms with Crippen molar-refractivity contribution in [2.75, 3.05) is 6.54 Å². The molecule has 1 aromatic heterocycles. The topological polar surface area (TPSA) is 37.3 Å². The molecule has 3 rings (SSSR count). The zero-order valence-corrected chi connectivity index (χ0v) is 14.2. The highest BCUT2D eigenvalue weighted by Gasteiger charge is 2.24. The first-order chi connectivity index (χ1) is 10.5. The summed E-state index contributed by atoms with van der Waals surface area (Å²) >= 11 is 0. The lowest BCUT2D eigenvalue weighted by molar-refractivity contribution is -0.942. The predicted molar refractivity (Wildman–Crippen MR) is 91.6 cm³/mol. The molecule has 2 N–H and O–H groups in total. The lowest BCUT2D eigenvalue weighted by Crippen LogP contribution is -3.15. The Balaban J connectivity index is 2.10. The molecule has 0 saturated carbocycles. The van der Waals surface area contributed by atoms with Crippen LogP contribution in [0.4, 0.5) is 0 Å². The summed E-state index contributed by atoms with van der Waals surface area (Å²) in [6.45, 7) is 10.5. The smallest absolute Gasteiger partial charge is 0.198 e. The van der Waals surface area contributed by atoms with Gasteiger partial charge in [0.2, 0.25) is 0 Å². The number of hydrogen-bond donors (Lipinski definition) is 2. The summed E-state index contributed by atoms with van der Waals surface area (Å²) in [6, 6.07) is 4.80. The van der Waals surface area contributed by atoms with Crippen LogP contribution in [0, 0.1) is 20.8 Å². The Kier molecular flexibility index (Phi) is 4.09. The second kappa shape index (κ2) is 5.88. The van der Waals surface area contributed by atoms with Crippen molar-refractivity contribution < 1.29 is 4.90 Å². The van der Waals surface area contributed by atoms with Gasteiger partial charge >= 0.3 is 0 Å². The number of quaternary nitrogens is 1. The SMILES string of the molecule is Cc1[nH]c2c(C)ccc(C)c2c(=O)c1C[NH+]1CCCC[C@@H]1C. The number of benzene rings is 1. The molecule has 118 valence electrons. The largest absolute Gasteiger partial charge is 0.358 e. The van der Waals surface area contributed by atoms with Gasteiger partial charge in [0.05, 0.1) is 23.7 Å². The highest BCUT2D eigenvalue weighted by molar-refractivity contribution is 5.85. The summed E-state index contributed by atoms with van der Waals surface area (Å²) in [5.41, 5.74) is 5.47. The van der Waals surface area contributed by atoms with Crippen LogP contribution >= 0.6 is 0 Å². The summed E-state index contributed by atoms with van der Waals surface area (Å²) in [5.74, 6) is 0. The molecular weight excluding hydrogens is 272 g/mol. The second-order valence-electron chi connectivity index (χ2n) is 6.99. The number of piperidine rings is 1. The molecule has 1 saturated heterocycles. The molecule has 1 aromatic carbocycles. The molecule has 2 atom stereocenters. The fourth-order valence-corrected chi connectivity index (χ4v) is 3.80. The van der Waals surface area contributed by atoms with Gasteiger partial charge in [-0.15, -0.1) is 0 Å². The number of pyridine rings is 1. The van der Waals surface area contributed by atoms with Crippen molar-refractivity contribution in [1.82, 2.24) is 4.98 Å². The quantitative estimate of drug-likeness (QED) is 0.878. The Morgan fingerprint density at radius 1 is 1.18 bits per heavy atom. The van der Waals surface area contributed by atoms with Crippen molar-refractivity contribution in [3.8, 4) is 0 Å². The van der Waals surface area contributed by atoms with E-state index in [9.17, 15) is 4.79 Å². The van der Waals surface area contributed by atoms with Crippen LogP contribution in [0.25, 0.3) is 10.9 Å².